The third-order valence-corrected chi connectivity index (χ3v) is 2.78. The summed E-state index contributed by atoms with van der Waals surface area (Å²) in [6, 6.07) is 5.25. The quantitative estimate of drug-likeness (QED) is 0.835. The van der Waals surface area contributed by atoms with Gasteiger partial charge in [-0.05, 0) is 18.6 Å². The molecule has 0 fully saturated rings. The minimum absolute atomic E-state index is 0.105. The summed E-state index contributed by atoms with van der Waals surface area (Å²) in [5.74, 6) is 2.31. The predicted octanol–water partition coefficient (Wildman–Crippen LogP) is 2.10. The molecule has 0 radical (unpaired) electrons. The smallest absolute Gasteiger partial charge is 0.226 e. The van der Waals surface area contributed by atoms with Crippen molar-refractivity contribution < 1.29 is 19.1 Å². The molecule has 0 atom stereocenters. The van der Waals surface area contributed by atoms with E-state index in [9.17, 15) is 5.11 Å². The summed E-state index contributed by atoms with van der Waals surface area (Å²) in [5.41, 5.74) is 0.683. The molecule has 1 aromatic carbocycles. The van der Waals surface area contributed by atoms with Crippen molar-refractivity contribution in [3.05, 3.63) is 35.5 Å². The van der Waals surface area contributed by atoms with Crippen LogP contribution in [0.25, 0.3) is 0 Å². The van der Waals surface area contributed by atoms with Crippen LogP contribution in [0.3, 0.4) is 0 Å². The molecule has 6 heteroatoms. The molecule has 1 aromatic heterocycles. The second-order valence-corrected chi connectivity index (χ2v) is 4.27. The fourth-order valence-corrected chi connectivity index (χ4v) is 1.73. The molecule has 0 aliphatic carbocycles. The molecule has 0 saturated carbocycles. The molecule has 0 aliphatic rings. The van der Waals surface area contributed by atoms with E-state index in [1.54, 1.807) is 25.3 Å². The van der Waals surface area contributed by atoms with Crippen molar-refractivity contribution in [3.63, 3.8) is 0 Å². The lowest BCUT2D eigenvalue weighted by molar-refractivity contribution is 0.251. The van der Waals surface area contributed by atoms with E-state index >= 15 is 0 Å². The van der Waals surface area contributed by atoms with Gasteiger partial charge < -0.3 is 19.1 Å². The van der Waals surface area contributed by atoms with Crippen LogP contribution in [-0.2, 0) is 19.6 Å². The number of methoxy groups -OCH3 is 1. The van der Waals surface area contributed by atoms with Gasteiger partial charge in [0.25, 0.3) is 0 Å². The van der Waals surface area contributed by atoms with E-state index in [0.717, 1.165) is 12.8 Å². The molecule has 0 unspecified atom stereocenters. The van der Waals surface area contributed by atoms with Crippen molar-refractivity contribution in [1.29, 1.82) is 0 Å². The van der Waals surface area contributed by atoms with Crippen molar-refractivity contribution in [2.75, 3.05) is 7.11 Å². The van der Waals surface area contributed by atoms with E-state index in [0.29, 0.717) is 28.8 Å². The minimum atomic E-state index is -0.105. The second-order valence-electron chi connectivity index (χ2n) is 4.27. The van der Waals surface area contributed by atoms with Crippen LogP contribution in [-0.4, -0.2) is 22.4 Å². The molecule has 108 valence electrons. The summed E-state index contributed by atoms with van der Waals surface area (Å²) < 4.78 is 15.8. The highest BCUT2D eigenvalue weighted by molar-refractivity contribution is 5.40. The summed E-state index contributed by atoms with van der Waals surface area (Å²) in [6.45, 7) is 2.13. The number of aryl methyl sites for hydroxylation is 1. The molecular weight excluding hydrogens is 260 g/mol. The minimum Gasteiger partial charge on any atom is -0.497 e. The van der Waals surface area contributed by atoms with E-state index in [4.69, 9.17) is 14.0 Å². The third kappa shape index (κ3) is 3.48. The molecule has 6 nitrogen and oxygen atoms in total. The van der Waals surface area contributed by atoms with Gasteiger partial charge in [0.15, 0.2) is 6.61 Å². The first-order valence-corrected chi connectivity index (χ1v) is 6.48. The van der Waals surface area contributed by atoms with E-state index in [1.807, 2.05) is 6.92 Å². The van der Waals surface area contributed by atoms with Gasteiger partial charge in [-0.25, -0.2) is 0 Å². The molecule has 20 heavy (non-hydrogen) atoms. The zero-order chi connectivity index (χ0) is 14.4. The van der Waals surface area contributed by atoms with Gasteiger partial charge >= 0.3 is 0 Å². The average Bonchev–Trinajstić information content (AvgIpc) is 2.93. The van der Waals surface area contributed by atoms with Gasteiger partial charge in [-0.3, -0.25) is 0 Å². The third-order valence-electron chi connectivity index (χ3n) is 2.78. The average molecular weight is 278 g/mol. The first-order valence-electron chi connectivity index (χ1n) is 6.48. The van der Waals surface area contributed by atoms with Crippen LogP contribution < -0.4 is 9.47 Å². The van der Waals surface area contributed by atoms with Crippen molar-refractivity contribution in [2.45, 2.75) is 33.0 Å². The predicted molar refractivity (Wildman–Crippen MR) is 71.5 cm³/mol. The Morgan fingerprint density at radius 3 is 2.90 bits per heavy atom. The SMILES string of the molecule is CCCc1nc(COc2cc(OC)ccc2CO)no1. The van der Waals surface area contributed by atoms with E-state index in [1.165, 1.54) is 0 Å². The number of aliphatic hydroxyl groups is 1. The van der Waals surface area contributed by atoms with Crippen molar-refractivity contribution in [1.82, 2.24) is 10.1 Å². The Morgan fingerprint density at radius 2 is 2.20 bits per heavy atom. The summed E-state index contributed by atoms with van der Waals surface area (Å²) in [5, 5.41) is 13.1. The van der Waals surface area contributed by atoms with Gasteiger partial charge in [-0.15, -0.1) is 0 Å². The summed E-state index contributed by atoms with van der Waals surface area (Å²) >= 11 is 0. The summed E-state index contributed by atoms with van der Waals surface area (Å²) in [7, 11) is 1.58. The Labute approximate surface area is 117 Å². The van der Waals surface area contributed by atoms with Gasteiger partial charge in [0, 0.05) is 18.1 Å². The Balaban J connectivity index is 2.05. The number of aliphatic hydroxyl groups excluding tert-OH is 1. The molecule has 0 saturated heterocycles. The Bertz CT molecular complexity index is 554. The van der Waals surface area contributed by atoms with Crippen LogP contribution in [0.1, 0.15) is 30.6 Å². The van der Waals surface area contributed by atoms with Crippen LogP contribution in [0.4, 0.5) is 0 Å². The summed E-state index contributed by atoms with van der Waals surface area (Å²) in [6.07, 6.45) is 1.71. The molecule has 2 aromatic rings. The molecule has 2 rings (SSSR count). The molecule has 0 bridgehead atoms. The maximum Gasteiger partial charge on any atom is 0.226 e. The number of aromatic nitrogens is 2. The van der Waals surface area contributed by atoms with Gasteiger partial charge in [0.05, 0.1) is 13.7 Å². The standard InChI is InChI=1S/C14H18N2O4/c1-3-4-14-15-13(16-20-14)9-19-12-7-11(18-2)6-5-10(12)8-17/h5-7,17H,3-4,8-9H2,1-2H3. The van der Waals surface area contributed by atoms with Crippen LogP contribution >= 0.6 is 0 Å². The number of nitrogens with zero attached hydrogens (tertiary/aromatic N) is 2. The number of rotatable bonds is 7. The Morgan fingerprint density at radius 1 is 1.35 bits per heavy atom. The molecule has 1 N–H and O–H groups in total. The van der Waals surface area contributed by atoms with Crippen LogP contribution in [0.2, 0.25) is 0 Å². The number of benzene rings is 1. The summed E-state index contributed by atoms with van der Waals surface area (Å²) in [4.78, 5) is 4.22. The highest BCUT2D eigenvalue weighted by atomic mass is 16.5. The molecular formula is C14H18N2O4. The highest BCUT2D eigenvalue weighted by Gasteiger charge is 2.09. The first kappa shape index (κ1) is 14.3. The topological polar surface area (TPSA) is 77.6 Å². The van der Waals surface area contributed by atoms with Crippen LogP contribution in [0.5, 0.6) is 11.5 Å². The fourth-order valence-electron chi connectivity index (χ4n) is 1.73. The maximum atomic E-state index is 9.28. The Hall–Kier alpha value is -2.08. The zero-order valence-electron chi connectivity index (χ0n) is 11.6. The molecule has 0 amide bonds. The maximum absolute atomic E-state index is 9.28. The first-order chi connectivity index (χ1) is 9.76. The number of hydrogen-bond donors (Lipinski definition) is 1. The van der Waals surface area contributed by atoms with Crippen molar-refractivity contribution >= 4 is 0 Å². The highest BCUT2D eigenvalue weighted by Crippen LogP contribution is 2.25. The van der Waals surface area contributed by atoms with E-state index in [-0.39, 0.29) is 13.2 Å². The number of ether oxygens (including phenoxy) is 2. The lowest BCUT2D eigenvalue weighted by Crippen LogP contribution is -2.01. The fraction of sp³-hybridized carbons (Fsp3) is 0.429. The lowest BCUT2D eigenvalue weighted by atomic mass is 10.2. The molecule has 0 spiro atoms. The second kappa shape index (κ2) is 6.91. The van der Waals surface area contributed by atoms with E-state index < -0.39 is 0 Å². The molecule has 1 heterocycles. The lowest BCUT2D eigenvalue weighted by Gasteiger charge is -2.10. The van der Waals surface area contributed by atoms with E-state index in [2.05, 4.69) is 10.1 Å². The van der Waals surface area contributed by atoms with Gasteiger partial charge in [0.2, 0.25) is 11.7 Å². The van der Waals surface area contributed by atoms with Gasteiger partial charge in [-0.1, -0.05) is 12.1 Å². The molecule has 0 aliphatic heterocycles. The van der Waals surface area contributed by atoms with Gasteiger partial charge in [0.1, 0.15) is 11.5 Å². The largest absolute Gasteiger partial charge is 0.497 e. The van der Waals surface area contributed by atoms with Crippen molar-refractivity contribution in [3.8, 4) is 11.5 Å². The number of hydrogen-bond acceptors (Lipinski definition) is 6. The van der Waals surface area contributed by atoms with Gasteiger partial charge in [-0.2, -0.15) is 4.98 Å². The normalized spacial score (nSPS) is 10.6. The van der Waals surface area contributed by atoms with Crippen molar-refractivity contribution in [2.24, 2.45) is 0 Å². The van der Waals surface area contributed by atoms with Crippen LogP contribution in [0.15, 0.2) is 22.7 Å². The van der Waals surface area contributed by atoms with Crippen LogP contribution in [0, 0.1) is 0 Å². The monoisotopic (exact) mass is 278 g/mol. The Kier molecular flexibility index (Phi) is 4.95. The zero-order valence-corrected chi connectivity index (χ0v) is 11.6.